The Balaban J connectivity index is 1.36. The van der Waals surface area contributed by atoms with Gasteiger partial charge in [-0.25, -0.2) is 0 Å². The van der Waals surface area contributed by atoms with Crippen LogP contribution in [0.3, 0.4) is 0 Å². The average molecular weight is 490 g/mol. The van der Waals surface area contributed by atoms with Crippen molar-refractivity contribution in [1.29, 1.82) is 0 Å². The number of allylic oxidation sites excluding steroid dienone is 6. The molecule has 0 bridgehead atoms. The minimum Gasteiger partial charge on any atom is -0.313 e. The van der Waals surface area contributed by atoms with E-state index in [9.17, 15) is 0 Å². The van der Waals surface area contributed by atoms with E-state index in [-0.39, 0.29) is 0 Å². The van der Waals surface area contributed by atoms with Gasteiger partial charge in [-0.3, -0.25) is 0 Å². The fourth-order valence-electron chi connectivity index (χ4n) is 5.42. The lowest BCUT2D eigenvalue weighted by molar-refractivity contribution is 0.888. The highest BCUT2D eigenvalue weighted by Gasteiger charge is 2.18. The normalized spacial score (nSPS) is 13.5. The molecule has 1 aromatic heterocycles. The maximum atomic E-state index is 4.46. The molecule has 0 unspecified atom stereocenters. The first-order chi connectivity index (χ1) is 18.7. The van der Waals surface area contributed by atoms with E-state index in [1.807, 2.05) is 0 Å². The van der Waals surface area contributed by atoms with Gasteiger partial charge in [-0.15, -0.1) is 0 Å². The number of rotatable bonds is 6. The number of aromatic nitrogens is 1. The second-order valence-electron chi connectivity index (χ2n) is 9.89. The zero-order valence-electron chi connectivity index (χ0n) is 21.8. The highest BCUT2D eigenvalue weighted by molar-refractivity contribution is 5.94. The zero-order chi connectivity index (χ0) is 25.9. The maximum absolute atomic E-state index is 4.46. The summed E-state index contributed by atoms with van der Waals surface area (Å²) < 4.78 is 2.43. The summed E-state index contributed by atoms with van der Waals surface area (Å²) in [5.41, 5.74) is 12.1. The van der Waals surface area contributed by atoms with Gasteiger partial charge in [0.1, 0.15) is 0 Å². The average Bonchev–Trinajstić information content (AvgIpc) is 3.32. The van der Waals surface area contributed by atoms with Gasteiger partial charge in [0, 0.05) is 22.3 Å². The van der Waals surface area contributed by atoms with E-state index in [4.69, 9.17) is 0 Å². The third-order valence-electron chi connectivity index (χ3n) is 7.38. The molecule has 0 N–H and O–H groups in total. The predicted octanol–water partition coefficient (Wildman–Crippen LogP) is 9.79. The first kappa shape index (κ1) is 23.8. The van der Waals surface area contributed by atoms with E-state index < -0.39 is 0 Å². The summed E-state index contributed by atoms with van der Waals surface area (Å²) in [6, 6.07) is 38.7. The second kappa shape index (κ2) is 10.4. The van der Waals surface area contributed by atoms with Crippen molar-refractivity contribution in [1.82, 2.24) is 4.57 Å². The molecule has 1 heterocycles. The predicted molar refractivity (Wildman–Crippen MR) is 164 cm³/mol. The Labute approximate surface area is 225 Å². The summed E-state index contributed by atoms with van der Waals surface area (Å²) in [5, 5.41) is 1.32. The van der Waals surface area contributed by atoms with E-state index in [1.54, 1.807) is 0 Å². The van der Waals surface area contributed by atoms with Crippen molar-refractivity contribution in [2.75, 3.05) is 0 Å². The molecule has 6 rings (SSSR count). The summed E-state index contributed by atoms with van der Waals surface area (Å²) in [5.74, 6) is 0. The largest absolute Gasteiger partial charge is 0.313 e. The van der Waals surface area contributed by atoms with Crippen molar-refractivity contribution < 1.29 is 0 Å². The number of fused-ring (bicyclic) bond motifs is 3. The third-order valence-corrected chi connectivity index (χ3v) is 7.38. The molecule has 0 amide bonds. The molecule has 5 aromatic rings. The first-order valence-corrected chi connectivity index (χ1v) is 13.3. The van der Waals surface area contributed by atoms with Gasteiger partial charge < -0.3 is 4.57 Å². The fraction of sp³-hybridized carbons (Fsp3) is 0.0811. The standard InChI is InChI=1S/C37H31N/c1-27(29-13-5-3-6-14-29)25-32(31-15-7-4-8-16-31)26-28(2)30-21-23-33(24-22-30)38-36-19-11-9-17-34(36)35-18-10-12-20-37(35)38/h3-11,13-19,21-26H,2,12,20H2,1H3/b27-25+,32-26+. The van der Waals surface area contributed by atoms with Crippen molar-refractivity contribution in [3.63, 3.8) is 0 Å². The molecule has 1 aliphatic carbocycles. The van der Waals surface area contributed by atoms with E-state index in [0.29, 0.717) is 0 Å². The van der Waals surface area contributed by atoms with Crippen molar-refractivity contribution >= 4 is 33.7 Å². The SMILES string of the molecule is C=C(/C=C(\C=C(/C)c1ccccc1)c1ccccc1)c1ccc(-n2c3c(c4ccccc42)C=CCC3)cc1. The topological polar surface area (TPSA) is 4.93 Å². The van der Waals surface area contributed by atoms with Gasteiger partial charge >= 0.3 is 0 Å². The Morgan fingerprint density at radius 1 is 0.711 bits per heavy atom. The van der Waals surface area contributed by atoms with Gasteiger partial charge in [0.25, 0.3) is 0 Å². The van der Waals surface area contributed by atoms with Gasteiger partial charge in [0.05, 0.1) is 5.52 Å². The van der Waals surface area contributed by atoms with Crippen molar-refractivity contribution in [3.05, 3.63) is 162 Å². The number of para-hydroxylation sites is 1. The zero-order valence-corrected chi connectivity index (χ0v) is 21.8. The maximum Gasteiger partial charge on any atom is 0.0537 e. The fourth-order valence-corrected chi connectivity index (χ4v) is 5.42. The van der Waals surface area contributed by atoms with Crippen LogP contribution >= 0.6 is 0 Å². The molecule has 0 atom stereocenters. The van der Waals surface area contributed by atoms with E-state index in [0.717, 1.165) is 29.6 Å². The number of benzene rings is 4. The van der Waals surface area contributed by atoms with Crippen LogP contribution in [0.25, 0.3) is 39.4 Å². The highest BCUT2D eigenvalue weighted by Crippen LogP contribution is 2.34. The quantitative estimate of drug-likeness (QED) is 0.209. The molecular weight excluding hydrogens is 458 g/mol. The molecule has 1 aliphatic rings. The van der Waals surface area contributed by atoms with Crippen LogP contribution < -0.4 is 0 Å². The summed E-state index contributed by atoms with van der Waals surface area (Å²) in [6.07, 6.45) is 11.2. The van der Waals surface area contributed by atoms with Gasteiger partial charge in [-0.05, 0) is 77.5 Å². The van der Waals surface area contributed by atoms with Gasteiger partial charge in [-0.1, -0.05) is 116 Å². The van der Waals surface area contributed by atoms with Crippen LogP contribution in [0.15, 0.2) is 134 Å². The first-order valence-electron chi connectivity index (χ1n) is 13.3. The van der Waals surface area contributed by atoms with Crippen molar-refractivity contribution in [2.24, 2.45) is 0 Å². The van der Waals surface area contributed by atoms with Crippen LogP contribution in [0.2, 0.25) is 0 Å². The van der Waals surface area contributed by atoms with Crippen LogP contribution in [-0.4, -0.2) is 4.57 Å². The Bertz CT molecular complexity index is 1690. The van der Waals surface area contributed by atoms with Crippen LogP contribution in [0.4, 0.5) is 0 Å². The van der Waals surface area contributed by atoms with Crippen molar-refractivity contribution in [3.8, 4) is 5.69 Å². The molecule has 0 aliphatic heterocycles. The smallest absolute Gasteiger partial charge is 0.0537 e. The lowest BCUT2D eigenvalue weighted by Gasteiger charge is -2.14. The van der Waals surface area contributed by atoms with E-state index in [2.05, 4.69) is 152 Å². The van der Waals surface area contributed by atoms with Crippen LogP contribution in [0.5, 0.6) is 0 Å². The van der Waals surface area contributed by atoms with Gasteiger partial charge in [0.2, 0.25) is 0 Å². The van der Waals surface area contributed by atoms with Crippen LogP contribution in [0.1, 0.15) is 41.3 Å². The Morgan fingerprint density at radius 2 is 1.37 bits per heavy atom. The molecule has 1 heteroatoms. The lowest BCUT2D eigenvalue weighted by Crippen LogP contribution is -2.03. The summed E-state index contributed by atoms with van der Waals surface area (Å²) in [7, 11) is 0. The number of nitrogens with zero attached hydrogens (tertiary/aromatic N) is 1. The molecule has 0 fully saturated rings. The Kier molecular flexibility index (Phi) is 6.50. The van der Waals surface area contributed by atoms with Crippen molar-refractivity contribution in [2.45, 2.75) is 19.8 Å². The molecule has 4 aromatic carbocycles. The Morgan fingerprint density at radius 3 is 2.11 bits per heavy atom. The minimum absolute atomic E-state index is 0.995. The summed E-state index contributed by atoms with van der Waals surface area (Å²) in [4.78, 5) is 0. The third kappa shape index (κ3) is 4.60. The van der Waals surface area contributed by atoms with Crippen LogP contribution in [0, 0.1) is 0 Å². The molecule has 1 nitrogen and oxygen atoms in total. The van der Waals surface area contributed by atoms with Gasteiger partial charge in [0.15, 0.2) is 0 Å². The number of hydrogen-bond donors (Lipinski definition) is 0. The second-order valence-corrected chi connectivity index (χ2v) is 9.89. The molecule has 0 radical (unpaired) electrons. The number of hydrogen-bond acceptors (Lipinski definition) is 0. The van der Waals surface area contributed by atoms with Gasteiger partial charge in [-0.2, -0.15) is 0 Å². The monoisotopic (exact) mass is 489 g/mol. The molecule has 38 heavy (non-hydrogen) atoms. The molecule has 184 valence electrons. The highest BCUT2D eigenvalue weighted by atomic mass is 15.0. The molecule has 0 saturated carbocycles. The van der Waals surface area contributed by atoms with Crippen LogP contribution in [-0.2, 0) is 6.42 Å². The summed E-state index contributed by atoms with van der Waals surface area (Å²) >= 11 is 0. The molecule has 0 spiro atoms. The molecular formula is C37H31N. The van der Waals surface area contributed by atoms with E-state index in [1.165, 1.54) is 44.5 Å². The molecule has 0 saturated heterocycles. The van der Waals surface area contributed by atoms with E-state index >= 15 is 0 Å². The Hall–Kier alpha value is -4.62. The minimum atomic E-state index is 0.995. The lowest BCUT2D eigenvalue weighted by atomic mass is 9.96. The summed E-state index contributed by atoms with van der Waals surface area (Å²) in [6.45, 7) is 6.63.